The Morgan fingerprint density at radius 3 is 2.60 bits per heavy atom. The first kappa shape index (κ1) is 9.88. The summed E-state index contributed by atoms with van der Waals surface area (Å²) in [6.45, 7) is 4.73. The van der Waals surface area contributed by atoms with Gasteiger partial charge >= 0.3 is 0 Å². The molecule has 3 nitrogen and oxygen atoms in total. The van der Waals surface area contributed by atoms with Gasteiger partial charge in [0.25, 0.3) is 0 Å². The third kappa shape index (κ3) is 4.73. The molecule has 62 valence electrons. The summed E-state index contributed by atoms with van der Waals surface area (Å²) in [6.07, 6.45) is 0.930. The molecule has 0 aliphatic rings. The van der Waals surface area contributed by atoms with Crippen LogP contribution in [-0.2, 0) is 4.74 Å². The predicted octanol–water partition coefficient (Wildman–Crippen LogP) is 0.341. The van der Waals surface area contributed by atoms with Gasteiger partial charge in [-0.3, -0.25) is 0 Å². The Kier molecular flexibility index (Phi) is 4.60. The highest BCUT2D eigenvalue weighted by Crippen LogP contribution is 2.03. The molecule has 1 unspecified atom stereocenters. The molecule has 2 N–H and O–H groups in total. The molecular weight excluding hydrogens is 130 g/mol. The maximum Gasteiger partial charge on any atom is 0.175 e. The van der Waals surface area contributed by atoms with Crippen molar-refractivity contribution in [1.29, 1.82) is 0 Å². The van der Waals surface area contributed by atoms with E-state index < -0.39 is 5.79 Å². The summed E-state index contributed by atoms with van der Waals surface area (Å²) in [5, 5.41) is 12.2. The van der Waals surface area contributed by atoms with Crippen LogP contribution in [0, 0.1) is 0 Å². The van der Waals surface area contributed by atoms with Crippen LogP contribution in [0.2, 0.25) is 0 Å². The molecule has 10 heavy (non-hydrogen) atoms. The smallest absolute Gasteiger partial charge is 0.175 e. The molecule has 0 spiro atoms. The van der Waals surface area contributed by atoms with E-state index in [0.717, 1.165) is 6.42 Å². The number of hydrogen-bond donors (Lipinski definition) is 2. The molecule has 0 rings (SSSR count). The van der Waals surface area contributed by atoms with Crippen LogP contribution in [0.5, 0.6) is 0 Å². The second-order valence-electron chi connectivity index (χ2n) is 2.55. The summed E-state index contributed by atoms with van der Waals surface area (Å²) >= 11 is 0. The van der Waals surface area contributed by atoms with Crippen molar-refractivity contribution in [1.82, 2.24) is 5.32 Å². The van der Waals surface area contributed by atoms with E-state index >= 15 is 0 Å². The predicted molar refractivity (Wildman–Crippen MR) is 40.8 cm³/mol. The number of aliphatic hydroxyl groups is 1. The minimum atomic E-state index is -1.01. The first-order valence-corrected chi connectivity index (χ1v) is 3.63. The second-order valence-corrected chi connectivity index (χ2v) is 2.55. The lowest BCUT2D eigenvalue weighted by molar-refractivity contribution is -0.185. The molecule has 0 aromatic heterocycles. The van der Waals surface area contributed by atoms with Crippen molar-refractivity contribution in [3.05, 3.63) is 0 Å². The fraction of sp³-hybridized carbons (Fsp3) is 1.00. The van der Waals surface area contributed by atoms with Crippen LogP contribution in [0.15, 0.2) is 0 Å². The average molecular weight is 147 g/mol. The van der Waals surface area contributed by atoms with Gasteiger partial charge in [-0.05, 0) is 20.4 Å². The van der Waals surface area contributed by atoms with Gasteiger partial charge < -0.3 is 15.2 Å². The zero-order valence-corrected chi connectivity index (χ0v) is 6.98. The third-order valence-corrected chi connectivity index (χ3v) is 1.12. The molecule has 1 atom stereocenters. The van der Waals surface area contributed by atoms with E-state index in [1.54, 1.807) is 14.0 Å². The summed E-state index contributed by atoms with van der Waals surface area (Å²) in [5.74, 6) is -1.01. The molecule has 0 aliphatic heterocycles. The van der Waals surface area contributed by atoms with Gasteiger partial charge in [-0.25, -0.2) is 0 Å². The third-order valence-electron chi connectivity index (χ3n) is 1.12. The van der Waals surface area contributed by atoms with Crippen molar-refractivity contribution >= 4 is 0 Å². The molecule has 0 radical (unpaired) electrons. The zero-order chi connectivity index (χ0) is 8.04. The molecule has 3 heteroatoms. The van der Waals surface area contributed by atoms with Gasteiger partial charge in [0.05, 0.1) is 0 Å². The maximum absolute atomic E-state index is 9.36. The van der Waals surface area contributed by atoms with Crippen molar-refractivity contribution < 1.29 is 9.84 Å². The lowest BCUT2D eigenvalue weighted by atomic mass is 10.3. The first-order chi connectivity index (χ1) is 4.62. The summed E-state index contributed by atoms with van der Waals surface area (Å²) in [6, 6.07) is 0. The first-order valence-electron chi connectivity index (χ1n) is 3.63. The number of nitrogens with one attached hydrogen (secondary N) is 1. The van der Waals surface area contributed by atoms with Gasteiger partial charge in [0.2, 0.25) is 0 Å². The van der Waals surface area contributed by atoms with Crippen LogP contribution >= 0.6 is 0 Å². The van der Waals surface area contributed by atoms with Crippen molar-refractivity contribution in [2.75, 3.05) is 20.2 Å². The highest BCUT2D eigenvalue weighted by molar-refractivity contribution is 4.60. The minimum absolute atomic E-state index is 0.465. The van der Waals surface area contributed by atoms with E-state index in [4.69, 9.17) is 4.74 Å². The number of ether oxygens (including phenoxy) is 1. The average Bonchev–Trinajstić information content (AvgIpc) is 1.84. The van der Waals surface area contributed by atoms with E-state index in [0.29, 0.717) is 13.2 Å². The molecule has 0 fully saturated rings. The lowest BCUT2D eigenvalue weighted by Crippen LogP contribution is -2.39. The van der Waals surface area contributed by atoms with Gasteiger partial charge in [0.15, 0.2) is 5.79 Å². The van der Waals surface area contributed by atoms with Crippen LogP contribution in [0.4, 0.5) is 0 Å². The van der Waals surface area contributed by atoms with Crippen molar-refractivity contribution in [2.45, 2.75) is 26.1 Å². The van der Waals surface area contributed by atoms with Crippen molar-refractivity contribution in [3.63, 3.8) is 0 Å². The number of rotatable bonds is 5. The van der Waals surface area contributed by atoms with Crippen LogP contribution in [0.25, 0.3) is 0 Å². The maximum atomic E-state index is 9.36. The molecule has 0 saturated heterocycles. The normalized spacial score (nSPS) is 16.8. The van der Waals surface area contributed by atoms with Crippen LogP contribution in [-0.4, -0.2) is 31.1 Å². The van der Waals surface area contributed by atoms with Gasteiger partial charge in [-0.1, -0.05) is 6.92 Å². The second kappa shape index (κ2) is 4.66. The molecule has 0 aliphatic carbocycles. The van der Waals surface area contributed by atoms with E-state index in [2.05, 4.69) is 5.32 Å². The van der Waals surface area contributed by atoms with E-state index in [-0.39, 0.29) is 0 Å². The molecular formula is C7H17NO2. The Bertz CT molecular complexity index is 83.7. The molecule has 0 saturated carbocycles. The zero-order valence-electron chi connectivity index (χ0n) is 6.98. The van der Waals surface area contributed by atoms with Gasteiger partial charge in [-0.15, -0.1) is 0 Å². The topological polar surface area (TPSA) is 41.5 Å². The largest absolute Gasteiger partial charge is 0.365 e. The Balaban J connectivity index is 3.42. The summed E-state index contributed by atoms with van der Waals surface area (Å²) in [5.41, 5.74) is 0. The van der Waals surface area contributed by atoms with Gasteiger partial charge in [-0.2, -0.15) is 0 Å². The molecule has 0 aromatic rings. The highest BCUT2D eigenvalue weighted by atomic mass is 16.6. The van der Waals surface area contributed by atoms with Crippen LogP contribution in [0.1, 0.15) is 20.3 Å². The van der Waals surface area contributed by atoms with Crippen LogP contribution in [0.3, 0.4) is 0 Å². The molecule has 0 aromatic carbocycles. The van der Waals surface area contributed by atoms with E-state index in [1.807, 2.05) is 6.92 Å². The van der Waals surface area contributed by atoms with E-state index in [1.165, 1.54) is 0 Å². The Labute approximate surface area is 62.4 Å². The fourth-order valence-corrected chi connectivity index (χ4v) is 0.701. The Hall–Kier alpha value is -0.120. The SMILES string of the molecule is CCCOC(C)(O)CNC. The molecule has 0 heterocycles. The van der Waals surface area contributed by atoms with Gasteiger partial charge in [0, 0.05) is 13.2 Å². The Morgan fingerprint density at radius 1 is 1.60 bits per heavy atom. The standard InChI is InChI=1S/C7H17NO2/c1-4-5-10-7(2,9)6-8-3/h8-9H,4-6H2,1-3H3. The minimum Gasteiger partial charge on any atom is -0.365 e. The lowest BCUT2D eigenvalue weighted by Gasteiger charge is -2.22. The monoisotopic (exact) mass is 147 g/mol. The van der Waals surface area contributed by atoms with Crippen molar-refractivity contribution in [3.8, 4) is 0 Å². The molecule has 0 amide bonds. The quantitative estimate of drug-likeness (QED) is 0.551. The highest BCUT2D eigenvalue weighted by Gasteiger charge is 2.18. The van der Waals surface area contributed by atoms with Crippen molar-refractivity contribution in [2.24, 2.45) is 0 Å². The summed E-state index contributed by atoms with van der Waals surface area (Å²) in [7, 11) is 1.78. The molecule has 0 bridgehead atoms. The number of likely N-dealkylation sites (N-methyl/N-ethyl adjacent to an activating group) is 1. The summed E-state index contributed by atoms with van der Waals surface area (Å²) < 4.78 is 5.11. The number of hydrogen-bond acceptors (Lipinski definition) is 3. The fourth-order valence-electron chi connectivity index (χ4n) is 0.701. The van der Waals surface area contributed by atoms with Crippen LogP contribution < -0.4 is 5.32 Å². The van der Waals surface area contributed by atoms with Gasteiger partial charge in [0.1, 0.15) is 0 Å². The van der Waals surface area contributed by atoms with E-state index in [9.17, 15) is 5.11 Å². The summed E-state index contributed by atoms with van der Waals surface area (Å²) in [4.78, 5) is 0. The Morgan fingerprint density at radius 2 is 2.20 bits per heavy atom.